The fourth-order valence-electron chi connectivity index (χ4n) is 4.95. The van der Waals surface area contributed by atoms with Crippen LogP contribution < -0.4 is 5.73 Å². The van der Waals surface area contributed by atoms with Crippen LogP contribution in [0.2, 0.25) is 0 Å². The maximum absolute atomic E-state index is 6.32. The molecular formula is C16H21N5O2. The lowest BCUT2D eigenvalue weighted by atomic mass is 9.97. The SMILES string of the molecule is CC[C@@H]1[C@H]2OC(C)(C)OC2[C@]2(n3cnc4c(N)ncnc43)C[C@@H]12. The molecule has 0 bridgehead atoms. The van der Waals surface area contributed by atoms with Gasteiger partial charge in [-0.05, 0) is 32.1 Å². The molecular weight excluding hydrogens is 294 g/mol. The average Bonchev–Trinajstić information content (AvgIpc) is 2.82. The van der Waals surface area contributed by atoms with Gasteiger partial charge in [-0.25, -0.2) is 15.0 Å². The highest BCUT2D eigenvalue weighted by molar-refractivity contribution is 5.81. The zero-order valence-electron chi connectivity index (χ0n) is 13.6. The monoisotopic (exact) mass is 315 g/mol. The second-order valence-electron chi connectivity index (χ2n) is 7.44. The van der Waals surface area contributed by atoms with Crippen molar-refractivity contribution in [2.45, 2.75) is 57.1 Å². The molecule has 2 aromatic rings. The van der Waals surface area contributed by atoms with Crippen molar-refractivity contribution in [1.29, 1.82) is 0 Å². The number of rotatable bonds is 2. The molecule has 122 valence electrons. The van der Waals surface area contributed by atoms with E-state index in [9.17, 15) is 0 Å². The zero-order chi connectivity index (χ0) is 16.0. The van der Waals surface area contributed by atoms with Gasteiger partial charge in [-0.15, -0.1) is 0 Å². The molecule has 0 aromatic carbocycles. The lowest BCUT2D eigenvalue weighted by Crippen LogP contribution is -2.36. The van der Waals surface area contributed by atoms with Crippen LogP contribution >= 0.6 is 0 Å². The van der Waals surface area contributed by atoms with Crippen LogP contribution in [0.4, 0.5) is 5.82 Å². The van der Waals surface area contributed by atoms with E-state index in [1.54, 1.807) is 0 Å². The Morgan fingerprint density at radius 3 is 2.91 bits per heavy atom. The number of ether oxygens (including phenoxy) is 2. The molecule has 23 heavy (non-hydrogen) atoms. The summed E-state index contributed by atoms with van der Waals surface area (Å²) in [6.45, 7) is 6.22. The molecule has 5 atom stereocenters. The second kappa shape index (κ2) is 4.02. The Labute approximate surface area is 134 Å². The third-order valence-corrected chi connectivity index (χ3v) is 5.87. The summed E-state index contributed by atoms with van der Waals surface area (Å²) in [4.78, 5) is 12.9. The minimum Gasteiger partial charge on any atom is -0.382 e. The van der Waals surface area contributed by atoms with Crippen molar-refractivity contribution in [3.05, 3.63) is 12.7 Å². The minimum absolute atomic E-state index is 0.0426. The number of nitrogen functional groups attached to an aromatic ring is 1. The van der Waals surface area contributed by atoms with Gasteiger partial charge in [-0.2, -0.15) is 0 Å². The molecule has 3 fully saturated rings. The number of aromatic nitrogens is 4. The molecule has 1 saturated heterocycles. The molecule has 7 heteroatoms. The smallest absolute Gasteiger partial charge is 0.166 e. The molecule has 2 N–H and O–H groups in total. The number of nitrogens with two attached hydrogens (primary N) is 1. The average molecular weight is 315 g/mol. The van der Waals surface area contributed by atoms with E-state index < -0.39 is 5.79 Å². The van der Waals surface area contributed by atoms with Crippen molar-refractivity contribution < 1.29 is 9.47 Å². The molecule has 1 aliphatic heterocycles. The van der Waals surface area contributed by atoms with Crippen LogP contribution in [0.3, 0.4) is 0 Å². The molecule has 2 aliphatic carbocycles. The largest absolute Gasteiger partial charge is 0.382 e. The Morgan fingerprint density at radius 2 is 2.13 bits per heavy atom. The molecule has 0 spiro atoms. The molecule has 2 saturated carbocycles. The van der Waals surface area contributed by atoms with E-state index in [2.05, 4.69) is 26.4 Å². The van der Waals surface area contributed by atoms with Crippen molar-refractivity contribution in [2.24, 2.45) is 11.8 Å². The van der Waals surface area contributed by atoms with E-state index in [0.717, 1.165) is 18.5 Å². The second-order valence-corrected chi connectivity index (χ2v) is 7.44. The highest BCUT2D eigenvalue weighted by Gasteiger charge is 2.76. The van der Waals surface area contributed by atoms with Gasteiger partial charge in [0.25, 0.3) is 0 Å². The molecule has 1 unspecified atom stereocenters. The summed E-state index contributed by atoms with van der Waals surface area (Å²) in [6, 6.07) is 0. The summed E-state index contributed by atoms with van der Waals surface area (Å²) in [5.74, 6) is 0.951. The van der Waals surface area contributed by atoms with E-state index in [1.165, 1.54) is 6.33 Å². The van der Waals surface area contributed by atoms with Crippen LogP contribution in [0, 0.1) is 11.8 Å². The quantitative estimate of drug-likeness (QED) is 0.907. The van der Waals surface area contributed by atoms with E-state index in [-0.39, 0.29) is 17.7 Å². The van der Waals surface area contributed by atoms with Crippen molar-refractivity contribution in [2.75, 3.05) is 5.73 Å². The molecule has 7 nitrogen and oxygen atoms in total. The first-order valence-electron chi connectivity index (χ1n) is 8.27. The van der Waals surface area contributed by atoms with Gasteiger partial charge in [-0.3, -0.25) is 0 Å². The van der Waals surface area contributed by atoms with Crippen LogP contribution in [-0.4, -0.2) is 37.5 Å². The fourth-order valence-corrected chi connectivity index (χ4v) is 4.95. The summed E-state index contributed by atoms with van der Waals surface area (Å²) in [5, 5.41) is 0. The van der Waals surface area contributed by atoms with Gasteiger partial charge in [-0.1, -0.05) is 13.3 Å². The Bertz CT molecular complexity index is 803. The number of hydrogen-bond acceptors (Lipinski definition) is 6. The van der Waals surface area contributed by atoms with Crippen molar-refractivity contribution >= 4 is 17.0 Å². The Balaban J connectivity index is 1.66. The molecule has 5 rings (SSSR count). The standard InChI is InChI=1S/C16H21N5O2/c1-4-8-9-5-16(9,12-11(8)22-15(2,3)23-12)21-7-20-10-13(17)18-6-19-14(10)21/h6-9,11-12H,4-5H2,1-3H3,(H2,17,18,19)/t8-,9-,11+,12?,16-/m0/s1. The molecule has 3 heterocycles. The van der Waals surface area contributed by atoms with Gasteiger partial charge < -0.3 is 19.8 Å². The van der Waals surface area contributed by atoms with Gasteiger partial charge in [0.2, 0.25) is 0 Å². The summed E-state index contributed by atoms with van der Waals surface area (Å²) < 4.78 is 14.7. The van der Waals surface area contributed by atoms with Gasteiger partial charge >= 0.3 is 0 Å². The number of nitrogens with zero attached hydrogens (tertiary/aromatic N) is 4. The van der Waals surface area contributed by atoms with Crippen molar-refractivity contribution in [3.63, 3.8) is 0 Å². The highest BCUT2D eigenvalue weighted by Crippen LogP contribution is 2.69. The normalized spacial score (nSPS) is 40.3. The third-order valence-electron chi connectivity index (χ3n) is 5.87. The lowest BCUT2D eigenvalue weighted by molar-refractivity contribution is -0.161. The Kier molecular flexibility index (Phi) is 2.39. The van der Waals surface area contributed by atoms with Gasteiger partial charge in [0.05, 0.1) is 18.0 Å². The van der Waals surface area contributed by atoms with Crippen LogP contribution in [0.1, 0.15) is 33.6 Å². The molecule has 2 aromatic heterocycles. The summed E-state index contributed by atoms with van der Waals surface area (Å²) in [6.07, 6.45) is 5.72. The van der Waals surface area contributed by atoms with Crippen LogP contribution in [-0.2, 0) is 15.0 Å². The van der Waals surface area contributed by atoms with Crippen molar-refractivity contribution in [1.82, 2.24) is 19.5 Å². The third kappa shape index (κ3) is 1.54. The predicted octanol–water partition coefficient (Wildman–Crippen LogP) is 1.68. The summed E-state index contributed by atoms with van der Waals surface area (Å²) in [5.41, 5.74) is 7.31. The number of anilines is 1. The van der Waals surface area contributed by atoms with E-state index in [4.69, 9.17) is 15.2 Å². The predicted molar refractivity (Wildman–Crippen MR) is 83.4 cm³/mol. The topological polar surface area (TPSA) is 88.1 Å². The van der Waals surface area contributed by atoms with E-state index in [1.807, 2.05) is 20.2 Å². The summed E-state index contributed by atoms with van der Waals surface area (Å²) >= 11 is 0. The maximum atomic E-state index is 6.32. The molecule has 0 radical (unpaired) electrons. The first-order chi connectivity index (χ1) is 11.0. The first-order valence-corrected chi connectivity index (χ1v) is 8.27. The Morgan fingerprint density at radius 1 is 1.30 bits per heavy atom. The molecule has 3 aliphatic rings. The molecule has 0 amide bonds. The van der Waals surface area contributed by atoms with Crippen molar-refractivity contribution in [3.8, 4) is 0 Å². The Hall–Kier alpha value is -1.73. The van der Waals surface area contributed by atoms with Gasteiger partial charge in [0.1, 0.15) is 17.9 Å². The van der Waals surface area contributed by atoms with Crippen LogP contribution in [0.5, 0.6) is 0 Å². The number of imidazole rings is 1. The number of fused-ring (bicyclic) bond motifs is 4. The van der Waals surface area contributed by atoms with Crippen LogP contribution in [0.25, 0.3) is 11.2 Å². The highest BCUT2D eigenvalue weighted by atomic mass is 16.8. The minimum atomic E-state index is -0.534. The number of hydrogen-bond donors (Lipinski definition) is 1. The first kappa shape index (κ1) is 13.7. The lowest BCUT2D eigenvalue weighted by Gasteiger charge is -2.25. The fraction of sp³-hybridized carbons (Fsp3) is 0.688. The summed E-state index contributed by atoms with van der Waals surface area (Å²) in [7, 11) is 0. The van der Waals surface area contributed by atoms with E-state index >= 15 is 0 Å². The van der Waals surface area contributed by atoms with E-state index in [0.29, 0.717) is 23.2 Å². The van der Waals surface area contributed by atoms with Gasteiger partial charge in [0.15, 0.2) is 17.3 Å². The van der Waals surface area contributed by atoms with Crippen LogP contribution in [0.15, 0.2) is 12.7 Å². The maximum Gasteiger partial charge on any atom is 0.166 e. The zero-order valence-corrected chi connectivity index (χ0v) is 13.6. The van der Waals surface area contributed by atoms with Gasteiger partial charge in [0, 0.05) is 0 Å².